The van der Waals surface area contributed by atoms with E-state index in [2.05, 4.69) is 10.6 Å². The van der Waals surface area contributed by atoms with Crippen LogP contribution in [0.4, 0.5) is 0 Å². The minimum absolute atomic E-state index is 0.0397. The van der Waals surface area contributed by atoms with Crippen molar-refractivity contribution in [3.63, 3.8) is 0 Å². The van der Waals surface area contributed by atoms with Gasteiger partial charge in [-0.3, -0.25) is 4.79 Å². The van der Waals surface area contributed by atoms with Crippen molar-refractivity contribution in [1.82, 2.24) is 10.6 Å². The molecule has 0 aromatic rings. The maximum atomic E-state index is 11.1. The van der Waals surface area contributed by atoms with Gasteiger partial charge in [-0.25, -0.2) is 0 Å². The molecule has 4 nitrogen and oxygen atoms in total. The summed E-state index contributed by atoms with van der Waals surface area (Å²) in [7, 11) is 0. The zero-order valence-electron chi connectivity index (χ0n) is 8.10. The zero-order valence-corrected chi connectivity index (χ0v) is 8.10. The molecule has 0 radical (unpaired) electrons. The second-order valence-electron chi connectivity index (χ2n) is 3.63. The van der Waals surface area contributed by atoms with Gasteiger partial charge in [-0.2, -0.15) is 0 Å². The highest BCUT2D eigenvalue weighted by molar-refractivity contribution is 5.78. The molecule has 0 spiro atoms. The highest BCUT2D eigenvalue weighted by atomic mass is 16.3. The van der Waals surface area contributed by atoms with Crippen LogP contribution in [0, 0.1) is 0 Å². The first-order valence-corrected chi connectivity index (χ1v) is 4.86. The quantitative estimate of drug-likeness (QED) is 0.549. The fourth-order valence-corrected chi connectivity index (χ4v) is 1.33. The van der Waals surface area contributed by atoms with Crippen molar-refractivity contribution in [2.24, 2.45) is 0 Å². The van der Waals surface area contributed by atoms with E-state index in [4.69, 9.17) is 0 Å². The predicted molar refractivity (Wildman–Crippen MR) is 50.4 cm³/mol. The van der Waals surface area contributed by atoms with E-state index >= 15 is 0 Å². The Morgan fingerprint density at radius 1 is 1.54 bits per heavy atom. The summed E-state index contributed by atoms with van der Waals surface area (Å²) >= 11 is 0. The Balaban J connectivity index is 2.07. The Hall–Kier alpha value is -0.610. The molecule has 0 saturated heterocycles. The number of nitrogens with one attached hydrogen (secondary N) is 2. The van der Waals surface area contributed by atoms with Crippen LogP contribution in [0.2, 0.25) is 0 Å². The Labute approximate surface area is 78.7 Å². The van der Waals surface area contributed by atoms with E-state index in [1.807, 2.05) is 6.92 Å². The lowest BCUT2D eigenvalue weighted by atomic mass is 9.80. The second kappa shape index (κ2) is 4.58. The molecule has 13 heavy (non-hydrogen) atoms. The molecular weight excluding hydrogens is 168 g/mol. The SMILES string of the molecule is CCNCC(=O)NCC1(O)CCC1. The predicted octanol–water partition coefficient (Wildman–Crippen LogP) is -0.373. The van der Waals surface area contributed by atoms with Gasteiger partial charge in [0.2, 0.25) is 5.91 Å². The molecule has 0 aromatic carbocycles. The third-order valence-corrected chi connectivity index (χ3v) is 2.43. The maximum Gasteiger partial charge on any atom is 0.234 e. The monoisotopic (exact) mass is 186 g/mol. The summed E-state index contributed by atoms with van der Waals surface area (Å²) in [4.78, 5) is 11.1. The van der Waals surface area contributed by atoms with E-state index in [9.17, 15) is 9.90 Å². The molecule has 1 amide bonds. The normalized spacial score (nSPS) is 19.2. The Kier molecular flexibility index (Phi) is 3.69. The second-order valence-corrected chi connectivity index (χ2v) is 3.63. The minimum atomic E-state index is -0.609. The van der Waals surface area contributed by atoms with Crippen molar-refractivity contribution >= 4 is 5.91 Å². The van der Waals surface area contributed by atoms with E-state index in [-0.39, 0.29) is 5.91 Å². The van der Waals surface area contributed by atoms with Gasteiger partial charge in [0.25, 0.3) is 0 Å². The van der Waals surface area contributed by atoms with E-state index in [1.165, 1.54) is 0 Å². The molecule has 76 valence electrons. The average molecular weight is 186 g/mol. The van der Waals surface area contributed by atoms with Crippen molar-refractivity contribution in [2.75, 3.05) is 19.6 Å². The first-order chi connectivity index (χ1) is 6.16. The van der Waals surface area contributed by atoms with Crippen LogP contribution in [0.5, 0.6) is 0 Å². The largest absolute Gasteiger partial charge is 0.388 e. The van der Waals surface area contributed by atoms with Gasteiger partial charge in [-0.1, -0.05) is 6.92 Å². The molecule has 0 bridgehead atoms. The highest BCUT2D eigenvalue weighted by Gasteiger charge is 2.34. The summed E-state index contributed by atoms with van der Waals surface area (Å²) in [5, 5.41) is 15.3. The third-order valence-electron chi connectivity index (χ3n) is 2.43. The minimum Gasteiger partial charge on any atom is -0.388 e. The fourth-order valence-electron chi connectivity index (χ4n) is 1.33. The first kappa shape index (κ1) is 10.5. The fraction of sp³-hybridized carbons (Fsp3) is 0.889. The van der Waals surface area contributed by atoms with Gasteiger partial charge in [0.1, 0.15) is 0 Å². The molecule has 1 saturated carbocycles. The van der Waals surface area contributed by atoms with E-state index in [0.717, 1.165) is 25.8 Å². The van der Waals surface area contributed by atoms with Crippen LogP contribution in [-0.4, -0.2) is 36.2 Å². The smallest absolute Gasteiger partial charge is 0.234 e. The molecule has 1 aliphatic carbocycles. The lowest BCUT2D eigenvalue weighted by molar-refractivity contribution is -0.122. The van der Waals surface area contributed by atoms with E-state index in [1.54, 1.807) is 0 Å². The van der Waals surface area contributed by atoms with Crippen molar-refractivity contribution < 1.29 is 9.90 Å². The summed E-state index contributed by atoms with van der Waals surface area (Å²) in [5.74, 6) is -0.0397. The summed E-state index contributed by atoms with van der Waals surface area (Å²) in [6, 6.07) is 0. The van der Waals surface area contributed by atoms with Crippen LogP contribution >= 0.6 is 0 Å². The van der Waals surface area contributed by atoms with Gasteiger partial charge < -0.3 is 15.7 Å². The Bertz CT molecular complexity index is 178. The molecule has 1 aliphatic rings. The first-order valence-electron chi connectivity index (χ1n) is 4.86. The molecule has 0 heterocycles. The van der Waals surface area contributed by atoms with Crippen LogP contribution in [0.15, 0.2) is 0 Å². The van der Waals surface area contributed by atoms with Crippen LogP contribution in [0.3, 0.4) is 0 Å². The summed E-state index contributed by atoms with van der Waals surface area (Å²) in [5.41, 5.74) is -0.609. The van der Waals surface area contributed by atoms with Crippen molar-refractivity contribution in [1.29, 1.82) is 0 Å². The Morgan fingerprint density at radius 2 is 2.23 bits per heavy atom. The van der Waals surface area contributed by atoms with Crippen LogP contribution < -0.4 is 10.6 Å². The molecule has 4 heteroatoms. The number of hydrogen-bond acceptors (Lipinski definition) is 3. The standard InChI is InChI=1S/C9H18N2O2/c1-2-10-6-8(12)11-7-9(13)4-3-5-9/h10,13H,2-7H2,1H3,(H,11,12). The number of carbonyl (C=O) groups excluding carboxylic acids is 1. The van der Waals surface area contributed by atoms with Gasteiger partial charge in [-0.15, -0.1) is 0 Å². The third kappa shape index (κ3) is 3.32. The van der Waals surface area contributed by atoms with Gasteiger partial charge in [0, 0.05) is 6.54 Å². The van der Waals surface area contributed by atoms with Crippen LogP contribution in [0.25, 0.3) is 0 Å². The molecule has 1 fully saturated rings. The van der Waals surface area contributed by atoms with Gasteiger partial charge in [-0.05, 0) is 25.8 Å². The zero-order chi connectivity index (χ0) is 9.73. The maximum absolute atomic E-state index is 11.1. The summed E-state index contributed by atoms with van der Waals surface area (Å²) in [6.07, 6.45) is 2.70. The molecule has 0 unspecified atom stereocenters. The lowest BCUT2D eigenvalue weighted by Crippen LogP contribution is -2.49. The van der Waals surface area contributed by atoms with Crippen LogP contribution in [-0.2, 0) is 4.79 Å². The van der Waals surface area contributed by atoms with Gasteiger partial charge >= 0.3 is 0 Å². The number of rotatable bonds is 5. The van der Waals surface area contributed by atoms with Crippen LogP contribution in [0.1, 0.15) is 26.2 Å². The average Bonchev–Trinajstić information content (AvgIpc) is 2.08. The molecular formula is C9H18N2O2. The lowest BCUT2D eigenvalue weighted by Gasteiger charge is -2.36. The molecule has 0 aliphatic heterocycles. The van der Waals surface area contributed by atoms with Crippen molar-refractivity contribution in [2.45, 2.75) is 31.8 Å². The number of aliphatic hydroxyl groups is 1. The molecule has 0 atom stereocenters. The van der Waals surface area contributed by atoms with Crippen molar-refractivity contribution in [3.8, 4) is 0 Å². The number of hydrogen-bond donors (Lipinski definition) is 3. The highest BCUT2D eigenvalue weighted by Crippen LogP contribution is 2.30. The van der Waals surface area contributed by atoms with E-state index < -0.39 is 5.60 Å². The number of carbonyl (C=O) groups is 1. The summed E-state index contributed by atoms with van der Waals surface area (Å²) in [6.45, 7) is 3.48. The van der Waals surface area contributed by atoms with Gasteiger partial charge in [0.05, 0.1) is 12.1 Å². The number of amides is 1. The number of likely N-dealkylation sites (N-methyl/N-ethyl adjacent to an activating group) is 1. The molecule has 0 aromatic heterocycles. The van der Waals surface area contributed by atoms with Crippen molar-refractivity contribution in [3.05, 3.63) is 0 Å². The molecule has 1 rings (SSSR count). The summed E-state index contributed by atoms with van der Waals surface area (Å²) < 4.78 is 0. The van der Waals surface area contributed by atoms with Gasteiger partial charge in [0.15, 0.2) is 0 Å². The Morgan fingerprint density at radius 3 is 2.69 bits per heavy atom. The topological polar surface area (TPSA) is 61.4 Å². The molecule has 3 N–H and O–H groups in total. The van der Waals surface area contributed by atoms with E-state index in [0.29, 0.717) is 13.1 Å².